The monoisotopic (exact) mass is 201 g/mol. The summed E-state index contributed by atoms with van der Waals surface area (Å²) in [7, 11) is -2.62. The van der Waals surface area contributed by atoms with Crippen LogP contribution in [0, 0.1) is 0 Å². The van der Waals surface area contributed by atoms with E-state index in [1.165, 1.54) is 6.92 Å². The maximum Gasteiger partial charge on any atom is 0.399 e. The molecule has 1 atom stereocenters. The Kier molecular flexibility index (Phi) is 8.88. The summed E-state index contributed by atoms with van der Waals surface area (Å²) in [5.41, 5.74) is 4.67. The molecule has 6 nitrogen and oxygen atoms in total. The molecule has 1 unspecified atom stereocenters. The lowest BCUT2D eigenvalue weighted by atomic mass is 10.7. The smallest absolute Gasteiger partial charge is 0.379 e. The summed E-state index contributed by atoms with van der Waals surface area (Å²) in [5.74, 6) is 0. The third-order valence-electron chi connectivity index (χ3n) is 0.466. The molecule has 76 valence electrons. The normalized spacial score (nSPS) is 13.1. The molecule has 0 aliphatic carbocycles. The lowest BCUT2D eigenvalue weighted by molar-refractivity contribution is 0.203. The van der Waals surface area contributed by atoms with Gasteiger partial charge in [-0.05, 0) is 13.8 Å². The molecule has 0 saturated carbocycles. The van der Waals surface area contributed by atoms with Gasteiger partial charge in [0.25, 0.3) is 0 Å². The van der Waals surface area contributed by atoms with Gasteiger partial charge in [0, 0.05) is 0 Å². The predicted molar refractivity (Wildman–Crippen MR) is 43.4 cm³/mol. The quantitative estimate of drug-likeness (QED) is 0.580. The summed E-state index contributed by atoms with van der Waals surface area (Å²) in [5, 5.41) is 7.83. The van der Waals surface area contributed by atoms with Crippen LogP contribution in [0.2, 0.25) is 0 Å². The second-order valence-electron chi connectivity index (χ2n) is 1.72. The number of nitrogens with two attached hydrogens (primary N) is 1. The number of aliphatic hydroxyl groups excluding tert-OH is 1. The molecule has 0 aromatic rings. The van der Waals surface area contributed by atoms with Gasteiger partial charge in [-0.3, -0.25) is 4.18 Å². The van der Waals surface area contributed by atoms with Gasteiger partial charge in [-0.15, -0.1) is 0 Å². The lowest BCUT2D eigenvalue weighted by Crippen LogP contribution is -2.11. The highest BCUT2D eigenvalue weighted by molar-refractivity contribution is 7.81. The Hall–Kier alpha value is -0.210. The van der Waals surface area contributed by atoms with E-state index in [1.54, 1.807) is 6.92 Å². The molecule has 3 N–H and O–H groups in total. The first-order valence-corrected chi connectivity index (χ1v) is 4.57. The van der Waals surface area contributed by atoms with E-state index in [9.17, 15) is 8.42 Å². The number of rotatable bonds is 3. The number of hydrogen-bond donors (Lipinski definition) is 2. The van der Waals surface area contributed by atoms with Crippen LogP contribution in [0.3, 0.4) is 0 Å². The van der Waals surface area contributed by atoms with Crippen molar-refractivity contribution in [3.05, 3.63) is 0 Å². The Bertz CT molecular complexity index is 174. The maximum atomic E-state index is 10.2. The zero-order chi connectivity index (χ0) is 10.2. The van der Waals surface area contributed by atoms with Crippen LogP contribution in [0.15, 0.2) is 0 Å². The van der Waals surface area contributed by atoms with E-state index >= 15 is 0 Å². The van der Waals surface area contributed by atoms with Gasteiger partial charge in [-0.2, -0.15) is 8.42 Å². The van der Waals surface area contributed by atoms with E-state index in [4.69, 9.17) is 5.11 Å². The highest BCUT2D eigenvalue weighted by Gasteiger charge is 2.04. The van der Waals surface area contributed by atoms with Crippen molar-refractivity contribution < 1.29 is 21.9 Å². The second kappa shape index (κ2) is 7.44. The van der Waals surface area contributed by atoms with Crippen LogP contribution in [-0.2, 0) is 18.8 Å². The zero-order valence-electron chi connectivity index (χ0n) is 7.35. The van der Waals surface area contributed by atoms with Crippen LogP contribution >= 0.6 is 0 Å². The third-order valence-corrected chi connectivity index (χ3v) is 1.40. The molecule has 0 bridgehead atoms. The molecule has 0 fully saturated rings. The minimum atomic E-state index is -3.67. The molecule has 0 heterocycles. The molecule has 0 rings (SSSR count). The van der Waals surface area contributed by atoms with Gasteiger partial charge in [0.1, 0.15) is 0 Å². The van der Waals surface area contributed by atoms with Gasteiger partial charge < -0.3 is 10.8 Å². The first kappa shape index (κ1) is 14.3. The molecular formula is C5H15NO5S. The molecule has 0 radical (unpaired) electrons. The Labute approximate surface area is 72.6 Å². The molecule has 0 amide bonds. The Morgan fingerprint density at radius 1 is 1.58 bits per heavy atom. The highest BCUT2D eigenvalue weighted by atomic mass is 32.3. The SMILES string of the molecule is CC(N)O.CCOS(=O)(=O)OC. The molecule has 0 aliphatic rings. The first-order chi connectivity index (χ1) is 5.35. The van der Waals surface area contributed by atoms with Crippen LogP contribution in [0.5, 0.6) is 0 Å². The van der Waals surface area contributed by atoms with Crippen molar-refractivity contribution >= 4 is 10.4 Å². The van der Waals surface area contributed by atoms with Crippen molar-refractivity contribution in [3.63, 3.8) is 0 Å². The van der Waals surface area contributed by atoms with E-state index in [2.05, 4.69) is 14.1 Å². The standard InChI is InChI=1S/C3H8O4S.C2H7NO/c1-3-7-8(4,5)6-2;1-2(3)4/h3H2,1-2H3;2,4H,3H2,1H3. The van der Waals surface area contributed by atoms with Crippen molar-refractivity contribution in [1.29, 1.82) is 0 Å². The molecular weight excluding hydrogens is 186 g/mol. The average molecular weight is 201 g/mol. The van der Waals surface area contributed by atoms with Gasteiger partial charge in [0.05, 0.1) is 19.9 Å². The number of hydrogen-bond acceptors (Lipinski definition) is 6. The highest BCUT2D eigenvalue weighted by Crippen LogP contribution is 1.89. The molecule has 0 aliphatic heterocycles. The Morgan fingerprint density at radius 2 is 1.92 bits per heavy atom. The molecule has 0 aromatic carbocycles. The van der Waals surface area contributed by atoms with Crippen LogP contribution in [0.1, 0.15) is 13.8 Å². The van der Waals surface area contributed by atoms with Crippen LogP contribution in [-0.4, -0.2) is 33.5 Å². The van der Waals surface area contributed by atoms with Gasteiger partial charge in [-0.1, -0.05) is 0 Å². The summed E-state index contributed by atoms with van der Waals surface area (Å²) in [6, 6.07) is 0. The van der Waals surface area contributed by atoms with Crippen molar-refractivity contribution in [1.82, 2.24) is 0 Å². The van der Waals surface area contributed by atoms with Crippen molar-refractivity contribution in [2.75, 3.05) is 13.7 Å². The fourth-order valence-electron chi connectivity index (χ4n) is 0.192. The van der Waals surface area contributed by atoms with Crippen molar-refractivity contribution in [3.8, 4) is 0 Å². The fraction of sp³-hybridized carbons (Fsp3) is 1.00. The van der Waals surface area contributed by atoms with Crippen LogP contribution in [0.25, 0.3) is 0 Å². The maximum absolute atomic E-state index is 10.2. The minimum Gasteiger partial charge on any atom is -0.379 e. The van der Waals surface area contributed by atoms with Crippen molar-refractivity contribution in [2.45, 2.75) is 20.1 Å². The second-order valence-corrected chi connectivity index (χ2v) is 3.11. The summed E-state index contributed by atoms with van der Waals surface area (Å²) < 4.78 is 28.4. The van der Waals surface area contributed by atoms with E-state index in [-0.39, 0.29) is 6.61 Å². The van der Waals surface area contributed by atoms with E-state index in [1.807, 2.05) is 0 Å². The van der Waals surface area contributed by atoms with Gasteiger partial charge in [0.2, 0.25) is 0 Å². The summed E-state index contributed by atoms with van der Waals surface area (Å²) >= 11 is 0. The largest absolute Gasteiger partial charge is 0.399 e. The molecule has 12 heavy (non-hydrogen) atoms. The van der Waals surface area contributed by atoms with E-state index in [0.29, 0.717) is 0 Å². The lowest BCUT2D eigenvalue weighted by Gasteiger charge is -1.95. The third kappa shape index (κ3) is 16.4. The summed E-state index contributed by atoms with van der Waals surface area (Å²) in [6.07, 6.45) is -0.667. The summed E-state index contributed by atoms with van der Waals surface area (Å²) in [6.45, 7) is 3.17. The Balaban J connectivity index is 0. The molecule has 0 spiro atoms. The van der Waals surface area contributed by atoms with Crippen LogP contribution in [0.4, 0.5) is 0 Å². The predicted octanol–water partition coefficient (Wildman–Crippen LogP) is -0.802. The number of aliphatic hydroxyl groups is 1. The molecule has 0 saturated heterocycles. The molecule has 0 aromatic heterocycles. The fourth-order valence-corrected chi connectivity index (χ4v) is 0.577. The minimum absolute atomic E-state index is 0.107. The van der Waals surface area contributed by atoms with E-state index < -0.39 is 16.6 Å². The van der Waals surface area contributed by atoms with Crippen LogP contribution < -0.4 is 5.73 Å². The Morgan fingerprint density at radius 3 is 2.00 bits per heavy atom. The van der Waals surface area contributed by atoms with E-state index in [0.717, 1.165) is 7.11 Å². The van der Waals surface area contributed by atoms with Crippen molar-refractivity contribution in [2.24, 2.45) is 5.73 Å². The summed E-state index contributed by atoms with van der Waals surface area (Å²) in [4.78, 5) is 0. The van der Waals surface area contributed by atoms with Gasteiger partial charge in [-0.25, -0.2) is 4.18 Å². The first-order valence-electron chi connectivity index (χ1n) is 3.24. The van der Waals surface area contributed by atoms with Gasteiger partial charge >= 0.3 is 10.4 Å². The average Bonchev–Trinajstić information content (AvgIpc) is 1.86. The molecule has 7 heteroatoms. The topological polar surface area (TPSA) is 98.9 Å². The zero-order valence-corrected chi connectivity index (χ0v) is 8.17. The van der Waals surface area contributed by atoms with Gasteiger partial charge in [0.15, 0.2) is 0 Å².